The second kappa shape index (κ2) is 8.26. The number of fused-ring (bicyclic) bond motifs is 1. The highest BCUT2D eigenvalue weighted by molar-refractivity contribution is 7.09. The maximum Gasteiger partial charge on any atom is 0.435 e. The van der Waals surface area contributed by atoms with E-state index in [0.29, 0.717) is 41.9 Å². The Hall–Kier alpha value is -2.61. The molecule has 0 unspecified atom stereocenters. The molecule has 0 atom stereocenters. The number of benzene rings is 1. The number of amides is 1. The Balaban J connectivity index is 1.54. The molecule has 0 radical (unpaired) electrons. The molecule has 3 aromatic rings. The van der Waals surface area contributed by atoms with Crippen LogP contribution in [-0.4, -0.2) is 34.2 Å². The Bertz CT molecular complexity index is 1020. The van der Waals surface area contributed by atoms with Crippen LogP contribution in [0.5, 0.6) is 0 Å². The van der Waals surface area contributed by atoms with Gasteiger partial charge in [-0.3, -0.25) is 4.79 Å². The van der Waals surface area contributed by atoms with Gasteiger partial charge in [0.1, 0.15) is 0 Å². The molecular formula is C22H22F3N3OS. The molecule has 8 heteroatoms. The predicted octanol–water partition coefficient (Wildman–Crippen LogP) is 5.15. The average Bonchev–Trinajstić information content (AvgIpc) is 3.39. The van der Waals surface area contributed by atoms with Crippen molar-refractivity contribution in [2.75, 3.05) is 13.6 Å². The summed E-state index contributed by atoms with van der Waals surface area (Å²) in [4.78, 5) is 15.6. The first kappa shape index (κ1) is 20.7. The van der Waals surface area contributed by atoms with Crippen molar-refractivity contribution in [2.24, 2.45) is 0 Å². The molecule has 0 bridgehead atoms. The number of carbonyl (C=O) groups is 1. The van der Waals surface area contributed by atoms with Gasteiger partial charge in [0.25, 0.3) is 5.91 Å². The van der Waals surface area contributed by atoms with E-state index in [-0.39, 0.29) is 5.91 Å². The van der Waals surface area contributed by atoms with Gasteiger partial charge in [-0.2, -0.15) is 18.3 Å². The van der Waals surface area contributed by atoms with Crippen molar-refractivity contribution in [2.45, 2.75) is 38.3 Å². The van der Waals surface area contributed by atoms with Crippen molar-refractivity contribution in [3.8, 4) is 5.69 Å². The molecule has 2 aromatic heterocycles. The smallest absolute Gasteiger partial charge is 0.341 e. The minimum absolute atomic E-state index is 0.114. The maximum absolute atomic E-state index is 13.4. The number of carbonyl (C=O) groups excluding carboxylic acids is 1. The molecule has 158 valence electrons. The Morgan fingerprint density at radius 2 is 1.90 bits per heavy atom. The first-order valence-corrected chi connectivity index (χ1v) is 10.8. The molecule has 2 heterocycles. The topological polar surface area (TPSA) is 38.1 Å². The van der Waals surface area contributed by atoms with Crippen LogP contribution in [0.4, 0.5) is 13.2 Å². The second-order valence-electron chi connectivity index (χ2n) is 7.49. The summed E-state index contributed by atoms with van der Waals surface area (Å²) in [5, 5.41) is 5.91. The highest BCUT2D eigenvalue weighted by Gasteiger charge is 2.39. The highest BCUT2D eigenvalue weighted by atomic mass is 32.1. The van der Waals surface area contributed by atoms with Gasteiger partial charge in [-0.1, -0.05) is 6.07 Å². The number of nitrogens with zero attached hydrogens (tertiary/aromatic N) is 3. The fraction of sp³-hybridized carbons (Fsp3) is 0.364. The number of aromatic nitrogens is 2. The third-order valence-electron chi connectivity index (χ3n) is 5.43. The summed E-state index contributed by atoms with van der Waals surface area (Å²) in [6.07, 6.45) is -1.11. The third-order valence-corrected chi connectivity index (χ3v) is 6.36. The molecule has 0 aliphatic heterocycles. The lowest BCUT2D eigenvalue weighted by atomic mass is 9.95. The quantitative estimate of drug-likeness (QED) is 0.558. The van der Waals surface area contributed by atoms with Crippen molar-refractivity contribution >= 4 is 17.2 Å². The van der Waals surface area contributed by atoms with Gasteiger partial charge >= 0.3 is 6.18 Å². The van der Waals surface area contributed by atoms with E-state index in [9.17, 15) is 18.0 Å². The van der Waals surface area contributed by atoms with Crippen LogP contribution >= 0.6 is 11.3 Å². The number of alkyl halides is 3. The molecule has 0 N–H and O–H groups in total. The lowest BCUT2D eigenvalue weighted by Crippen LogP contribution is -2.28. The molecule has 0 saturated heterocycles. The molecule has 4 nitrogen and oxygen atoms in total. The Morgan fingerprint density at radius 3 is 2.57 bits per heavy atom. The molecule has 1 aromatic carbocycles. The van der Waals surface area contributed by atoms with Crippen LogP contribution in [-0.2, 0) is 25.4 Å². The van der Waals surface area contributed by atoms with Crippen molar-refractivity contribution in [3.63, 3.8) is 0 Å². The van der Waals surface area contributed by atoms with Crippen LogP contribution < -0.4 is 0 Å². The molecule has 1 aliphatic rings. The normalized spacial score (nSPS) is 13.9. The average molecular weight is 433 g/mol. The Morgan fingerprint density at radius 1 is 1.17 bits per heavy atom. The summed E-state index contributed by atoms with van der Waals surface area (Å²) in [5.41, 5.74) is 1.19. The monoisotopic (exact) mass is 433 g/mol. The van der Waals surface area contributed by atoms with Crippen LogP contribution in [0.25, 0.3) is 5.69 Å². The largest absolute Gasteiger partial charge is 0.435 e. The number of thiophene rings is 1. The summed E-state index contributed by atoms with van der Waals surface area (Å²) in [6, 6.07) is 10.7. The molecule has 0 spiro atoms. The molecule has 1 aliphatic carbocycles. The van der Waals surface area contributed by atoms with Crippen molar-refractivity contribution < 1.29 is 18.0 Å². The summed E-state index contributed by atoms with van der Waals surface area (Å²) in [5.74, 6) is -0.114. The van der Waals surface area contributed by atoms with Crippen LogP contribution in [0, 0.1) is 0 Å². The van der Waals surface area contributed by atoms with E-state index in [2.05, 4.69) is 5.10 Å². The predicted molar refractivity (Wildman–Crippen MR) is 110 cm³/mol. The maximum atomic E-state index is 13.4. The molecular weight excluding hydrogens is 411 g/mol. The summed E-state index contributed by atoms with van der Waals surface area (Å²) < 4.78 is 41.6. The van der Waals surface area contributed by atoms with E-state index in [1.807, 2.05) is 17.5 Å². The number of rotatable bonds is 5. The fourth-order valence-electron chi connectivity index (χ4n) is 3.84. The van der Waals surface area contributed by atoms with E-state index in [4.69, 9.17) is 0 Å². The number of likely N-dealkylation sites (N-methyl/N-ethyl adjacent to an activating group) is 1. The van der Waals surface area contributed by atoms with E-state index in [1.165, 1.54) is 9.56 Å². The molecule has 0 fully saturated rings. The number of hydrogen-bond donors (Lipinski definition) is 0. The molecule has 30 heavy (non-hydrogen) atoms. The molecule has 4 rings (SSSR count). The fourth-order valence-corrected chi connectivity index (χ4v) is 4.54. The van der Waals surface area contributed by atoms with Crippen LogP contribution in [0.15, 0.2) is 41.8 Å². The Labute approximate surface area is 176 Å². The van der Waals surface area contributed by atoms with Crippen molar-refractivity contribution in [3.05, 3.63) is 69.2 Å². The summed E-state index contributed by atoms with van der Waals surface area (Å²) >= 11 is 1.66. The van der Waals surface area contributed by atoms with Crippen LogP contribution in [0.3, 0.4) is 0 Å². The van der Waals surface area contributed by atoms with Gasteiger partial charge in [-0.25, -0.2) is 4.68 Å². The third kappa shape index (κ3) is 4.14. The van der Waals surface area contributed by atoms with Gasteiger partial charge in [-0.05, 0) is 67.8 Å². The summed E-state index contributed by atoms with van der Waals surface area (Å²) in [6.45, 7) is 0.600. The van der Waals surface area contributed by atoms with Crippen LogP contribution in [0.1, 0.15) is 45.0 Å². The minimum atomic E-state index is -4.46. The molecule has 1 amide bonds. The van der Waals surface area contributed by atoms with E-state index >= 15 is 0 Å². The highest BCUT2D eigenvalue weighted by Crippen LogP contribution is 2.36. The van der Waals surface area contributed by atoms with Gasteiger partial charge in [0.15, 0.2) is 5.69 Å². The van der Waals surface area contributed by atoms with Crippen molar-refractivity contribution in [1.82, 2.24) is 14.7 Å². The zero-order chi connectivity index (χ0) is 21.3. The van der Waals surface area contributed by atoms with Gasteiger partial charge in [0, 0.05) is 35.3 Å². The van der Waals surface area contributed by atoms with E-state index < -0.39 is 11.9 Å². The zero-order valence-corrected chi connectivity index (χ0v) is 17.4. The Kier molecular flexibility index (Phi) is 5.69. The van der Waals surface area contributed by atoms with Crippen molar-refractivity contribution in [1.29, 1.82) is 0 Å². The van der Waals surface area contributed by atoms with E-state index in [0.717, 1.165) is 19.3 Å². The zero-order valence-electron chi connectivity index (χ0n) is 16.6. The van der Waals surface area contributed by atoms with E-state index in [1.54, 1.807) is 47.5 Å². The lowest BCUT2D eigenvalue weighted by Gasteiger charge is -2.17. The first-order chi connectivity index (χ1) is 14.3. The standard InChI is InChI=1S/C22H22F3N3OS/c1-27(13-12-17-5-4-14-30-17)21(29)15-8-10-16(11-9-15)28-19-7-3-2-6-18(19)20(26-28)22(23,24)25/h4-5,8-11,14H,2-3,6-7,12-13H2,1H3. The van der Waals surface area contributed by atoms with Gasteiger partial charge in [0.2, 0.25) is 0 Å². The van der Waals surface area contributed by atoms with Gasteiger partial charge in [-0.15, -0.1) is 11.3 Å². The summed E-state index contributed by atoms with van der Waals surface area (Å²) in [7, 11) is 1.75. The van der Waals surface area contributed by atoms with Gasteiger partial charge < -0.3 is 4.90 Å². The number of halogens is 3. The lowest BCUT2D eigenvalue weighted by molar-refractivity contribution is -0.142. The first-order valence-electron chi connectivity index (χ1n) is 9.91. The number of hydrogen-bond acceptors (Lipinski definition) is 3. The van der Waals surface area contributed by atoms with Crippen LogP contribution in [0.2, 0.25) is 0 Å². The second-order valence-corrected chi connectivity index (χ2v) is 8.53. The minimum Gasteiger partial charge on any atom is -0.341 e. The SMILES string of the molecule is CN(CCc1cccs1)C(=O)c1ccc(-n2nc(C(F)(F)F)c3c2CCCC3)cc1. The molecule has 0 saturated carbocycles. The van der Waals surface area contributed by atoms with Gasteiger partial charge in [0.05, 0.1) is 5.69 Å².